The van der Waals surface area contributed by atoms with Gasteiger partial charge in [-0.1, -0.05) is 25.1 Å². The Labute approximate surface area is 125 Å². The molecule has 0 aliphatic carbocycles. The number of hydrogen-bond acceptors (Lipinski definition) is 3. The van der Waals surface area contributed by atoms with Crippen LogP contribution in [0.3, 0.4) is 0 Å². The van der Waals surface area contributed by atoms with Gasteiger partial charge in [-0.15, -0.1) is 0 Å². The highest BCUT2D eigenvalue weighted by molar-refractivity contribution is 5.43. The van der Waals surface area contributed by atoms with Gasteiger partial charge in [0.2, 0.25) is 0 Å². The van der Waals surface area contributed by atoms with E-state index in [9.17, 15) is 4.39 Å². The Bertz CT molecular complexity index is 571. The van der Waals surface area contributed by atoms with E-state index in [1.165, 1.54) is 6.07 Å². The van der Waals surface area contributed by atoms with Crippen molar-refractivity contribution in [3.05, 3.63) is 59.5 Å². The second kappa shape index (κ2) is 7.74. The molecule has 1 aromatic carbocycles. The Balaban J connectivity index is 2.00. The normalized spacial score (nSPS) is 10.9. The third kappa shape index (κ3) is 4.83. The average Bonchev–Trinajstić information content (AvgIpc) is 2.46. The van der Waals surface area contributed by atoms with Crippen LogP contribution in [0.25, 0.3) is 0 Å². The van der Waals surface area contributed by atoms with Gasteiger partial charge in [0.15, 0.2) is 0 Å². The molecule has 4 heteroatoms. The Morgan fingerprint density at radius 3 is 2.81 bits per heavy atom. The second-order valence-corrected chi connectivity index (χ2v) is 5.24. The zero-order valence-electron chi connectivity index (χ0n) is 12.6. The molecule has 0 spiro atoms. The van der Waals surface area contributed by atoms with E-state index in [0.717, 1.165) is 36.5 Å². The van der Waals surface area contributed by atoms with Crippen LogP contribution < -0.4 is 5.32 Å². The maximum absolute atomic E-state index is 13.2. The fraction of sp³-hybridized carbons (Fsp3) is 0.353. The Kier molecular flexibility index (Phi) is 5.69. The van der Waals surface area contributed by atoms with Gasteiger partial charge in [-0.05, 0) is 37.2 Å². The average molecular weight is 287 g/mol. The van der Waals surface area contributed by atoms with Crippen molar-refractivity contribution in [1.29, 1.82) is 0 Å². The number of aromatic nitrogens is 1. The summed E-state index contributed by atoms with van der Waals surface area (Å²) in [6.07, 6.45) is 2.86. The molecule has 0 fully saturated rings. The fourth-order valence-corrected chi connectivity index (χ4v) is 2.26. The van der Waals surface area contributed by atoms with Gasteiger partial charge in [-0.2, -0.15) is 0 Å². The van der Waals surface area contributed by atoms with E-state index < -0.39 is 0 Å². The van der Waals surface area contributed by atoms with E-state index in [2.05, 4.69) is 28.2 Å². The minimum Gasteiger partial charge on any atom is -0.370 e. The van der Waals surface area contributed by atoms with Crippen LogP contribution in [0.2, 0.25) is 0 Å². The van der Waals surface area contributed by atoms with Gasteiger partial charge in [0, 0.05) is 31.4 Å². The molecule has 0 atom stereocenters. The van der Waals surface area contributed by atoms with Gasteiger partial charge >= 0.3 is 0 Å². The summed E-state index contributed by atoms with van der Waals surface area (Å²) in [7, 11) is 2.03. The van der Waals surface area contributed by atoms with Crippen LogP contribution in [0.4, 0.5) is 10.2 Å². The molecule has 0 unspecified atom stereocenters. The third-order valence-electron chi connectivity index (χ3n) is 3.22. The number of pyridine rings is 1. The van der Waals surface area contributed by atoms with Crippen molar-refractivity contribution in [3.63, 3.8) is 0 Å². The van der Waals surface area contributed by atoms with Crippen molar-refractivity contribution in [2.24, 2.45) is 0 Å². The zero-order chi connectivity index (χ0) is 15.1. The van der Waals surface area contributed by atoms with Crippen molar-refractivity contribution in [2.45, 2.75) is 26.4 Å². The molecule has 2 rings (SSSR count). The summed E-state index contributed by atoms with van der Waals surface area (Å²) in [6.45, 7) is 4.53. The summed E-state index contributed by atoms with van der Waals surface area (Å²) in [5.74, 6) is 0.748. The highest BCUT2D eigenvalue weighted by atomic mass is 19.1. The van der Waals surface area contributed by atoms with Crippen LogP contribution in [0.1, 0.15) is 24.5 Å². The summed E-state index contributed by atoms with van der Waals surface area (Å²) < 4.78 is 13.2. The fourth-order valence-electron chi connectivity index (χ4n) is 2.26. The first-order valence-corrected chi connectivity index (χ1v) is 7.29. The summed E-state index contributed by atoms with van der Waals surface area (Å²) in [4.78, 5) is 6.55. The highest BCUT2D eigenvalue weighted by Gasteiger charge is 2.07. The van der Waals surface area contributed by atoms with Crippen molar-refractivity contribution in [3.8, 4) is 0 Å². The molecule has 3 nitrogen and oxygen atoms in total. The first kappa shape index (κ1) is 15.4. The predicted octanol–water partition coefficient (Wildman–Crippen LogP) is 3.67. The van der Waals surface area contributed by atoms with Crippen LogP contribution in [0, 0.1) is 5.82 Å². The molecule has 0 saturated carbocycles. The number of nitrogens with one attached hydrogen (secondary N) is 1. The van der Waals surface area contributed by atoms with Crippen LogP contribution >= 0.6 is 0 Å². The quantitative estimate of drug-likeness (QED) is 0.842. The molecular weight excluding hydrogens is 265 g/mol. The standard InChI is InChI=1S/C17H22FN3/c1-3-9-19-17-15(7-5-10-20-17)13-21(2)12-14-6-4-8-16(18)11-14/h4-8,10-11H,3,9,12-13H2,1-2H3,(H,19,20). The summed E-state index contributed by atoms with van der Waals surface area (Å²) >= 11 is 0. The maximum Gasteiger partial charge on any atom is 0.130 e. The van der Waals surface area contributed by atoms with E-state index in [-0.39, 0.29) is 5.82 Å². The molecule has 0 bridgehead atoms. The van der Waals surface area contributed by atoms with Crippen LogP contribution in [-0.4, -0.2) is 23.5 Å². The first-order chi connectivity index (χ1) is 10.2. The molecule has 0 aliphatic heterocycles. The lowest BCUT2D eigenvalue weighted by Gasteiger charge is -2.19. The predicted molar refractivity (Wildman–Crippen MR) is 84.6 cm³/mol. The summed E-state index contributed by atoms with van der Waals surface area (Å²) in [6, 6.07) is 10.8. The molecule has 2 aromatic rings. The molecule has 21 heavy (non-hydrogen) atoms. The van der Waals surface area contributed by atoms with E-state index in [4.69, 9.17) is 0 Å². The maximum atomic E-state index is 13.2. The van der Waals surface area contributed by atoms with Crippen molar-refractivity contribution >= 4 is 5.82 Å². The second-order valence-electron chi connectivity index (χ2n) is 5.24. The van der Waals surface area contributed by atoms with Gasteiger partial charge in [-0.3, -0.25) is 4.90 Å². The zero-order valence-corrected chi connectivity index (χ0v) is 12.6. The van der Waals surface area contributed by atoms with E-state index in [0.29, 0.717) is 6.54 Å². The molecule has 0 saturated heterocycles. The molecule has 0 aliphatic rings. The topological polar surface area (TPSA) is 28.2 Å². The lowest BCUT2D eigenvalue weighted by Crippen LogP contribution is -2.19. The number of benzene rings is 1. The van der Waals surface area contributed by atoms with Crippen molar-refractivity contribution in [1.82, 2.24) is 9.88 Å². The lowest BCUT2D eigenvalue weighted by atomic mass is 10.2. The van der Waals surface area contributed by atoms with Crippen LogP contribution in [0.5, 0.6) is 0 Å². The minimum absolute atomic E-state index is 0.187. The lowest BCUT2D eigenvalue weighted by molar-refractivity contribution is 0.318. The molecule has 112 valence electrons. The number of anilines is 1. The van der Waals surface area contributed by atoms with E-state index in [1.807, 2.05) is 19.2 Å². The molecule has 1 heterocycles. The highest BCUT2D eigenvalue weighted by Crippen LogP contribution is 2.15. The minimum atomic E-state index is -0.187. The number of nitrogens with zero attached hydrogens (tertiary/aromatic N) is 2. The Morgan fingerprint density at radius 1 is 1.19 bits per heavy atom. The van der Waals surface area contributed by atoms with Crippen LogP contribution in [0.15, 0.2) is 42.6 Å². The van der Waals surface area contributed by atoms with Crippen molar-refractivity contribution < 1.29 is 4.39 Å². The third-order valence-corrected chi connectivity index (χ3v) is 3.22. The SMILES string of the molecule is CCCNc1ncccc1CN(C)Cc1cccc(F)c1. The largest absolute Gasteiger partial charge is 0.370 e. The monoisotopic (exact) mass is 287 g/mol. The Hall–Kier alpha value is -1.94. The van der Waals surface area contributed by atoms with Gasteiger partial charge < -0.3 is 5.32 Å². The molecule has 1 aromatic heterocycles. The molecule has 0 radical (unpaired) electrons. The van der Waals surface area contributed by atoms with Gasteiger partial charge in [0.1, 0.15) is 11.6 Å². The number of rotatable bonds is 7. The Morgan fingerprint density at radius 2 is 2.05 bits per heavy atom. The molecule has 0 amide bonds. The summed E-state index contributed by atoms with van der Waals surface area (Å²) in [5.41, 5.74) is 2.13. The van der Waals surface area contributed by atoms with Crippen molar-refractivity contribution in [2.75, 3.05) is 18.9 Å². The summed E-state index contributed by atoms with van der Waals surface area (Å²) in [5, 5.41) is 3.34. The van der Waals surface area contributed by atoms with Crippen LogP contribution in [-0.2, 0) is 13.1 Å². The van der Waals surface area contributed by atoms with Gasteiger partial charge in [0.25, 0.3) is 0 Å². The van der Waals surface area contributed by atoms with E-state index >= 15 is 0 Å². The first-order valence-electron chi connectivity index (χ1n) is 7.29. The van der Waals surface area contributed by atoms with Gasteiger partial charge in [-0.25, -0.2) is 9.37 Å². The molecular formula is C17H22FN3. The molecule has 1 N–H and O–H groups in total. The number of halogens is 1. The van der Waals surface area contributed by atoms with E-state index in [1.54, 1.807) is 18.3 Å². The van der Waals surface area contributed by atoms with Gasteiger partial charge in [0.05, 0.1) is 0 Å². The number of hydrogen-bond donors (Lipinski definition) is 1. The smallest absolute Gasteiger partial charge is 0.130 e.